The highest BCUT2D eigenvalue weighted by Gasteiger charge is 2.20. The Kier molecular flexibility index (Phi) is 4.90. The van der Waals surface area contributed by atoms with Gasteiger partial charge < -0.3 is 9.84 Å². The fourth-order valence-corrected chi connectivity index (χ4v) is 3.75. The highest BCUT2D eigenvalue weighted by atomic mass is 32.1. The summed E-state index contributed by atoms with van der Waals surface area (Å²) in [6.45, 7) is 1.91. The molecule has 0 aliphatic rings. The molecule has 0 radical (unpaired) electrons. The number of carboxylic acid groups (broad SMARTS) is 1. The van der Waals surface area contributed by atoms with Gasteiger partial charge in [0.25, 0.3) is 5.91 Å². The summed E-state index contributed by atoms with van der Waals surface area (Å²) in [4.78, 5) is 24.4. The SMILES string of the molecule is COc1ccc2c(c1)c(CCCC(=O)O)c(C)n2C(=O)c1cccs1. The Morgan fingerprint density at radius 1 is 1.28 bits per heavy atom. The molecule has 0 aliphatic carbocycles. The third-order valence-corrected chi connectivity index (χ3v) is 5.15. The van der Waals surface area contributed by atoms with Crippen LogP contribution >= 0.6 is 11.3 Å². The topological polar surface area (TPSA) is 68.5 Å². The van der Waals surface area contributed by atoms with Crippen LogP contribution in [0.15, 0.2) is 35.7 Å². The second-order valence-corrected chi connectivity index (χ2v) is 6.76. The molecule has 0 fully saturated rings. The Bertz CT molecular complexity index is 925. The van der Waals surface area contributed by atoms with Crippen LogP contribution in [-0.2, 0) is 11.2 Å². The number of hydrogen-bond acceptors (Lipinski definition) is 4. The predicted octanol–water partition coefficient (Wildman–Crippen LogP) is 4.12. The van der Waals surface area contributed by atoms with Gasteiger partial charge in [0.1, 0.15) is 5.75 Å². The number of carboxylic acids is 1. The molecule has 130 valence electrons. The minimum absolute atomic E-state index is 0.0628. The molecule has 25 heavy (non-hydrogen) atoms. The highest BCUT2D eigenvalue weighted by Crippen LogP contribution is 2.31. The second-order valence-electron chi connectivity index (χ2n) is 5.81. The predicted molar refractivity (Wildman–Crippen MR) is 97.8 cm³/mol. The van der Waals surface area contributed by atoms with Crippen LogP contribution < -0.4 is 4.74 Å². The lowest BCUT2D eigenvalue weighted by atomic mass is 10.0. The Morgan fingerprint density at radius 3 is 2.72 bits per heavy atom. The molecule has 1 N–H and O–H groups in total. The normalized spacial score (nSPS) is 11.0. The molecule has 3 aromatic rings. The summed E-state index contributed by atoms with van der Waals surface area (Å²) in [6.07, 6.45) is 1.24. The van der Waals surface area contributed by atoms with Crippen molar-refractivity contribution in [3.63, 3.8) is 0 Å². The van der Waals surface area contributed by atoms with Crippen molar-refractivity contribution in [2.75, 3.05) is 7.11 Å². The molecular formula is C19H19NO4S. The number of nitrogens with zero attached hydrogens (tertiary/aromatic N) is 1. The van der Waals surface area contributed by atoms with Gasteiger partial charge in [-0.2, -0.15) is 0 Å². The molecule has 5 nitrogen and oxygen atoms in total. The fourth-order valence-electron chi connectivity index (χ4n) is 3.09. The van der Waals surface area contributed by atoms with Gasteiger partial charge >= 0.3 is 5.97 Å². The van der Waals surface area contributed by atoms with E-state index in [0.717, 1.165) is 22.2 Å². The standard InChI is InChI=1S/C19H19NO4S/c1-12-14(5-3-7-18(21)22)15-11-13(24-2)8-9-16(15)20(12)19(23)17-6-4-10-25-17/h4,6,8-11H,3,5,7H2,1-2H3,(H,21,22). The van der Waals surface area contributed by atoms with E-state index in [0.29, 0.717) is 23.5 Å². The van der Waals surface area contributed by atoms with Crippen molar-refractivity contribution in [3.8, 4) is 5.75 Å². The van der Waals surface area contributed by atoms with Crippen molar-refractivity contribution < 1.29 is 19.4 Å². The number of benzene rings is 1. The van der Waals surface area contributed by atoms with E-state index in [2.05, 4.69) is 0 Å². The summed E-state index contributed by atoms with van der Waals surface area (Å²) in [7, 11) is 1.60. The van der Waals surface area contributed by atoms with Crippen molar-refractivity contribution in [1.29, 1.82) is 0 Å². The van der Waals surface area contributed by atoms with Crippen LogP contribution in [0, 0.1) is 6.92 Å². The maximum absolute atomic E-state index is 12.9. The number of fused-ring (bicyclic) bond motifs is 1. The largest absolute Gasteiger partial charge is 0.497 e. The van der Waals surface area contributed by atoms with Crippen molar-refractivity contribution in [2.45, 2.75) is 26.2 Å². The number of aromatic nitrogens is 1. The summed E-state index contributed by atoms with van der Waals surface area (Å²) < 4.78 is 7.03. The molecule has 2 aromatic heterocycles. The lowest BCUT2D eigenvalue weighted by Crippen LogP contribution is -2.12. The molecule has 3 rings (SSSR count). The number of methoxy groups -OCH3 is 1. The molecule has 0 spiro atoms. The molecule has 0 amide bonds. The summed E-state index contributed by atoms with van der Waals surface area (Å²) >= 11 is 1.41. The van der Waals surface area contributed by atoms with Crippen LogP contribution in [0.3, 0.4) is 0 Å². The minimum atomic E-state index is -0.811. The molecule has 0 unspecified atom stereocenters. The second kappa shape index (κ2) is 7.11. The van der Waals surface area contributed by atoms with Crippen LogP contribution in [0.1, 0.15) is 33.8 Å². The Morgan fingerprint density at radius 2 is 2.08 bits per heavy atom. The molecule has 0 aliphatic heterocycles. The van der Waals surface area contributed by atoms with Crippen LogP contribution in [-0.4, -0.2) is 28.7 Å². The van der Waals surface area contributed by atoms with Crippen molar-refractivity contribution in [2.24, 2.45) is 0 Å². The lowest BCUT2D eigenvalue weighted by molar-refractivity contribution is -0.137. The van der Waals surface area contributed by atoms with Gasteiger partial charge in [0.2, 0.25) is 0 Å². The zero-order valence-electron chi connectivity index (χ0n) is 14.1. The molecule has 6 heteroatoms. The van der Waals surface area contributed by atoms with E-state index < -0.39 is 5.97 Å². The lowest BCUT2D eigenvalue weighted by Gasteiger charge is -2.06. The number of carbonyl (C=O) groups is 2. The van der Waals surface area contributed by atoms with Gasteiger partial charge in [-0.3, -0.25) is 14.2 Å². The average Bonchev–Trinajstić information content (AvgIpc) is 3.21. The maximum atomic E-state index is 12.9. The van der Waals surface area contributed by atoms with E-state index in [9.17, 15) is 9.59 Å². The van der Waals surface area contributed by atoms with E-state index in [4.69, 9.17) is 9.84 Å². The molecule has 0 saturated heterocycles. The molecular weight excluding hydrogens is 338 g/mol. The third kappa shape index (κ3) is 3.30. The first-order chi connectivity index (χ1) is 12.0. The van der Waals surface area contributed by atoms with Crippen molar-refractivity contribution >= 4 is 34.1 Å². The first-order valence-electron chi connectivity index (χ1n) is 8.01. The number of carbonyl (C=O) groups excluding carboxylic acids is 1. The Labute approximate surface area is 149 Å². The summed E-state index contributed by atoms with van der Waals surface area (Å²) in [5.41, 5.74) is 2.68. The Hall–Kier alpha value is -2.60. The molecule has 0 saturated carbocycles. The van der Waals surface area contributed by atoms with E-state index >= 15 is 0 Å². The van der Waals surface area contributed by atoms with Crippen LogP contribution in [0.2, 0.25) is 0 Å². The van der Waals surface area contributed by atoms with E-state index in [1.54, 1.807) is 11.7 Å². The fraction of sp³-hybridized carbons (Fsp3) is 0.263. The van der Waals surface area contributed by atoms with Crippen molar-refractivity contribution in [1.82, 2.24) is 4.57 Å². The molecule has 2 heterocycles. The number of thiophene rings is 1. The van der Waals surface area contributed by atoms with Gasteiger partial charge in [0, 0.05) is 17.5 Å². The maximum Gasteiger partial charge on any atom is 0.303 e. The van der Waals surface area contributed by atoms with E-state index in [1.165, 1.54) is 11.3 Å². The van der Waals surface area contributed by atoms with Gasteiger partial charge in [-0.25, -0.2) is 0 Å². The smallest absolute Gasteiger partial charge is 0.303 e. The summed E-state index contributed by atoms with van der Waals surface area (Å²) in [5.74, 6) is -0.159. The first kappa shape index (κ1) is 17.2. The first-order valence-corrected chi connectivity index (χ1v) is 8.89. The number of aliphatic carboxylic acids is 1. The zero-order valence-corrected chi connectivity index (χ0v) is 14.9. The average molecular weight is 357 g/mol. The van der Waals surface area contributed by atoms with E-state index in [-0.39, 0.29) is 12.3 Å². The summed E-state index contributed by atoms with van der Waals surface area (Å²) in [6, 6.07) is 9.30. The van der Waals surface area contributed by atoms with Crippen LogP contribution in [0.5, 0.6) is 5.75 Å². The van der Waals surface area contributed by atoms with Gasteiger partial charge in [-0.15, -0.1) is 11.3 Å². The van der Waals surface area contributed by atoms with Gasteiger partial charge in [-0.1, -0.05) is 6.07 Å². The number of aryl methyl sites for hydroxylation is 1. The molecule has 0 atom stereocenters. The van der Waals surface area contributed by atoms with Gasteiger partial charge in [-0.05, 0) is 55.0 Å². The van der Waals surface area contributed by atoms with Crippen LogP contribution in [0.25, 0.3) is 10.9 Å². The van der Waals surface area contributed by atoms with Gasteiger partial charge in [0.05, 0.1) is 17.5 Å². The molecule has 0 bridgehead atoms. The molecule has 1 aromatic carbocycles. The Balaban J connectivity index is 2.11. The van der Waals surface area contributed by atoms with E-state index in [1.807, 2.05) is 42.6 Å². The highest BCUT2D eigenvalue weighted by molar-refractivity contribution is 7.12. The minimum Gasteiger partial charge on any atom is -0.497 e. The third-order valence-electron chi connectivity index (χ3n) is 4.29. The van der Waals surface area contributed by atoms with Gasteiger partial charge in [0.15, 0.2) is 0 Å². The monoisotopic (exact) mass is 357 g/mol. The zero-order chi connectivity index (χ0) is 18.0. The number of rotatable bonds is 6. The quantitative estimate of drug-likeness (QED) is 0.721. The van der Waals surface area contributed by atoms with Crippen molar-refractivity contribution in [3.05, 3.63) is 51.8 Å². The number of ether oxygens (including phenoxy) is 1. The van der Waals surface area contributed by atoms with Crippen LogP contribution in [0.4, 0.5) is 0 Å². The number of hydrogen-bond donors (Lipinski definition) is 1. The summed E-state index contributed by atoms with van der Waals surface area (Å²) in [5, 5.41) is 11.7.